The van der Waals surface area contributed by atoms with Crippen molar-refractivity contribution in [1.29, 1.82) is 0 Å². The van der Waals surface area contributed by atoms with Gasteiger partial charge in [0.2, 0.25) is 0 Å². The molecular weight excluding hydrogens is 308 g/mol. The smallest absolute Gasteiger partial charge is 0.191 e. The van der Waals surface area contributed by atoms with E-state index >= 15 is 0 Å². The monoisotopic (exact) mass is 330 g/mol. The molecule has 2 heterocycles. The molecule has 0 amide bonds. The fourth-order valence-electron chi connectivity index (χ4n) is 2.85. The quantitative estimate of drug-likeness (QED) is 0.444. The number of Topliss-reactive ketones (excluding diaryl/α,β-unsaturated/α-hetero) is 1. The third-order valence-corrected chi connectivity index (χ3v) is 5.35. The number of hydrogen-bond acceptors (Lipinski definition) is 4. The number of aryl methyl sites for hydroxylation is 1. The lowest BCUT2D eigenvalue weighted by Gasteiger charge is -2.06. The summed E-state index contributed by atoms with van der Waals surface area (Å²) >= 11 is 1.46. The summed E-state index contributed by atoms with van der Waals surface area (Å²) in [6.45, 7) is 8.51. The lowest BCUT2D eigenvalue weighted by molar-refractivity contribution is 0.102. The molecule has 0 aliphatic heterocycles. The Morgan fingerprint density at radius 2 is 2.17 bits per heavy atom. The molecule has 1 aliphatic rings. The molecule has 122 valence electrons. The number of rotatable bonds is 7. The first-order valence-corrected chi connectivity index (χ1v) is 8.84. The Bertz CT molecular complexity index is 755. The molecular formula is C17H22N4OS. The van der Waals surface area contributed by atoms with Gasteiger partial charge >= 0.3 is 0 Å². The second-order valence-electron chi connectivity index (χ2n) is 6.07. The van der Waals surface area contributed by atoms with Crippen molar-refractivity contribution in [2.24, 2.45) is 7.05 Å². The van der Waals surface area contributed by atoms with E-state index in [0.29, 0.717) is 11.7 Å². The second kappa shape index (κ2) is 6.35. The SMILES string of the molecule is C=CCn1c(C)cc(C(=O)CSc2nnc(C3CC3)n2C)c1C. The second-order valence-corrected chi connectivity index (χ2v) is 7.01. The van der Waals surface area contributed by atoms with Gasteiger partial charge in [-0.25, -0.2) is 0 Å². The summed E-state index contributed by atoms with van der Waals surface area (Å²) in [7, 11) is 1.98. The zero-order valence-electron chi connectivity index (χ0n) is 13.9. The van der Waals surface area contributed by atoms with Crippen LogP contribution in [0.1, 0.15) is 46.3 Å². The molecule has 1 saturated carbocycles. The normalized spacial score (nSPS) is 14.2. The minimum absolute atomic E-state index is 0.134. The highest BCUT2D eigenvalue weighted by atomic mass is 32.2. The summed E-state index contributed by atoms with van der Waals surface area (Å²) in [6, 6.07) is 1.97. The van der Waals surface area contributed by atoms with Crippen LogP contribution in [-0.2, 0) is 13.6 Å². The molecule has 3 rings (SSSR count). The van der Waals surface area contributed by atoms with Crippen LogP contribution in [0.15, 0.2) is 23.9 Å². The molecule has 0 aromatic carbocycles. The number of thioether (sulfide) groups is 1. The molecule has 2 aromatic heterocycles. The van der Waals surface area contributed by atoms with E-state index in [4.69, 9.17) is 0 Å². The predicted octanol–water partition coefficient (Wildman–Crippen LogP) is 3.27. The van der Waals surface area contributed by atoms with Crippen LogP contribution in [0.4, 0.5) is 0 Å². The fourth-order valence-corrected chi connectivity index (χ4v) is 3.65. The van der Waals surface area contributed by atoms with Crippen molar-refractivity contribution in [3.63, 3.8) is 0 Å². The molecule has 0 radical (unpaired) electrons. The zero-order chi connectivity index (χ0) is 16.6. The lowest BCUT2D eigenvalue weighted by Crippen LogP contribution is -2.07. The number of hydrogen-bond donors (Lipinski definition) is 0. The molecule has 0 unspecified atom stereocenters. The Kier molecular flexibility index (Phi) is 4.43. The minimum atomic E-state index is 0.134. The van der Waals surface area contributed by atoms with E-state index < -0.39 is 0 Å². The van der Waals surface area contributed by atoms with Crippen molar-refractivity contribution in [2.75, 3.05) is 5.75 Å². The van der Waals surface area contributed by atoms with E-state index in [9.17, 15) is 4.79 Å². The molecule has 0 saturated heterocycles. The minimum Gasteiger partial charge on any atom is -0.345 e. The Hall–Kier alpha value is -1.82. The van der Waals surface area contributed by atoms with Crippen molar-refractivity contribution >= 4 is 17.5 Å². The van der Waals surface area contributed by atoms with Gasteiger partial charge in [-0.15, -0.1) is 16.8 Å². The van der Waals surface area contributed by atoms with E-state index in [1.54, 1.807) is 0 Å². The highest BCUT2D eigenvalue weighted by Crippen LogP contribution is 2.39. The third kappa shape index (κ3) is 3.13. The van der Waals surface area contributed by atoms with Crippen LogP contribution in [0.2, 0.25) is 0 Å². The van der Waals surface area contributed by atoms with E-state index in [-0.39, 0.29) is 5.78 Å². The van der Waals surface area contributed by atoms with Crippen LogP contribution >= 0.6 is 11.8 Å². The van der Waals surface area contributed by atoms with Gasteiger partial charge in [0.1, 0.15) is 5.82 Å². The van der Waals surface area contributed by atoms with Crippen molar-refractivity contribution in [2.45, 2.75) is 44.3 Å². The van der Waals surface area contributed by atoms with Crippen molar-refractivity contribution < 1.29 is 4.79 Å². The summed E-state index contributed by atoms with van der Waals surface area (Å²) in [6.07, 6.45) is 4.25. The Morgan fingerprint density at radius 3 is 2.83 bits per heavy atom. The maximum atomic E-state index is 12.6. The summed E-state index contributed by atoms with van der Waals surface area (Å²) < 4.78 is 4.13. The Balaban J connectivity index is 1.70. The first-order valence-electron chi connectivity index (χ1n) is 7.85. The van der Waals surface area contributed by atoms with Crippen molar-refractivity contribution in [3.8, 4) is 0 Å². The number of nitrogens with zero attached hydrogens (tertiary/aromatic N) is 4. The first kappa shape index (κ1) is 16.1. The van der Waals surface area contributed by atoms with Gasteiger partial charge in [-0.05, 0) is 32.8 Å². The first-order chi connectivity index (χ1) is 11.0. The number of aromatic nitrogens is 4. The zero-order valence-corrected chi connectivity index (χ0v) is 14.7. The molecule has 0 spiro atoms. The van der Waals surface area contributed by atoms with Crippen molar-refractivity contribution in [3.05, 3.63) is 41.5 Å². The average Bonchev–Trinajstić information content (AvgIpc) is 3.25. The van der Waals surface area contributed by atoms with E-state index in [1.807, 2.05) is 37.6 Å². The van der Waals surface area contributed by atoms with Gasteiger partial charge in [0.05, 0.1) is 5.75 Å². The highest BCUT2D eigenvalue weighted by Gasteiger charge is 2.29. The van der Waals surface area contributed by atoms with Gasteiger partial charge in [-0.3, -0.25) is 4.79 Å². The molecule has 23 heavy (non-hydrogen) atoms. The topological polar surface area (TPSA) is 52.7 Å². The average molecular weight is 330 g/mol. The maximum absolute atomic E-state index is 12.6. The maximum Gasteiger partial charge on any atom is 0.191 e. The van der Waals surface area contributed by atoms with Crippen molar-refractivity contribution in [1.82, 2.24) is 19.3 Å². The molecule has 1 aliphatic carbocycles. The molecule has 1 fully saturated rings. The summed E-state index contributed by atoms with van der Waals surface area (Å²) in [4.78, 5) is 12.6. The predicted molar refractivity (Wildman–Crippen MR) is 92.1 cm³/mol. The molecule has 2 aromatic rings. The number of ketones is 1. The molecule has 0 bridgehead atoms. The molecule has 6 heteroatoms. The van der Waals surface area contributed by atoms with Gasteiger partial charge < -0.3 is 9.13 Å². The van der Waals surface area contributed by atoms with Crippen LogP contribution in [0.25, 0.3) is 0 Å². The van der Waals surface area contributed by atoms with Gasteiger partial charge in [0.15, 0.2) is 10.9 Å². The number of carbonyl (C=O) groups excluding carboxylic acids is 1. The van der Waals surface area contributed by atoms with Gasteiger partial charge in [0, 0.05) is 36.5 Å². The van der Waals surface area contributed by atoms with E-state index in [0.717, 1.165) is 34.5 Å². The van der Waals surface area contributed by atoms with Crippen LogP contribution < -0.4 is 0 Å². The lowest BCUT2D eigenvalue weighted by atomic mass is 10.2. The van der Waals surface area contributed by atoms with Crippen LogP contribution in [0.3, 0.4) is 0 Å². The third-order valence-electron chi connectivity index (χ3n) is 4.33. The number of allylic oxidation sites excluding steroid dienone is 1. The molecule has 0 atom stereocenters. The van der Waals surface area contributed by atoms with Gasteiger partial charge in [-0.2, -0.15) is 0 Å². The van der Waals surface area contributed by atoms with Crippen LogP contribution in [0, 0.1) is 13.8 Å². The van der Waals surface area contributed by atoms with Gasteiger partial charge in [-0.1, -0.05) is 17.8 Å². The van der Waals surface area contributed by atoms with Crippen LogP contribution in [-0.4, -0.2) is 30.9 Å². The highest BCUT2D eigenvalue weighted by molar-refractivity contribution is 7.99. The van der Waals surface area contributed by atoms with Crippen LogP contribution in [0.5, 0.6) is 0 Å². The Morgan fingerprint density at radius 1 is 1.43 bits per heavy atom. The molecule has 0 N–H and O–H groups in total. The Labute approximate surface area is 140 Å². The number of carbonyl (C=O) groups is 1. The van der Waals surface area contributed by atoms with Gasteiger partial charge in [0.25, 0.3) is 0 Å². The molecule has 5 nitrogen and oxygen atoms in total. The summed E-state index contributed by atoms with van der Waals surface area (Å²) in [5.74, 6) is 2.13. The standard InChI is InChI=1S/C17H22N4OS/c1-5-8-21-11(2)9-14(12(21)3)15(22)10-23-17-19-18-16(20(17)4)13-6-7-13/h5,9,13H,1,6-8,10H2,2-4H3. The van der Waals surface area contributed by atoms with E-state index in [1.165, 1.54) is 24.6 Å². The fraction of sp³-hybridized carbons (Fsp3) is 0.471. The summed E-state index contributed by atoms with van der Waals surface area (Å²) in [5, 5.41) is 9.30. The van der Waals surface area contributed by atoms with E-state index in [2.05, 4.69) is 21.3 Å². The summed E-state index contributed by atoms with van der Waals surface area (Å²) in [5.41, 5.74) is 2.89. The largest absolute Gasteiger partial charge is 0.345 e.